The second kappa shape index (κ2) is 8.72. The van der Waals surface area contributed by atoms with Crippen molar-refractivity contribution in [3.05, 3.63) is 35.4 Å². The van der Waals surface area contributed by atoms with E-state index in [1.807, 2.05) is 13.8 Å². The third-order valence-corrected chi connectivity index (χ3v) is 4.43. The summed E-state index contributed by atoms with van der Waals surface area (Å²) in [5, 5.41) is 6.29. The molecular formula is C17H24ClF3N2O. The number of rotatable bonds is 4. The highest BCUT2D eigenvalue weighted by molar-refractivity contribution is 5.85. The van der Waals surface area contributed by atoms with E-state index in [-0.39, 0.29) is 30.4 Å². The second-order valence-electron chi connectivity index (χ2n) is 6.08. The second-order valence-corrected chi connectivity index (χ2v) is 6.08. The highest BCUT2D eigenvalue weighted by Gasteiger charge is 2.32. The maximum absolute atomic E-state index is 12.9. The van der Waals surface area contributed by atoms with E-state index in [1.165, 1.54) is 6.07 Å². The van der Waals surface area contributed by atoms with Gasteiger partial charge in [-0.25, -0.2) is 0 Å². The fourth-order valence-corrected chi connectivity index (χ4v) is 3.03. The topological polar surface area (TPSA) is 41.1 Å². The maximum Gasteiger partial charge on any atom is 0.416 e. The van der Waals surface area contributed by atoms with Gasteiger partial charge in [0.25, 0.3) is 0 Å². The molecule has 1 aliphatic rings. The number of nitrogens with one attached hydrogen (secondary N) is 2. The van der Waals surface area contributed by atoms with Crippen LogP contribution in [0.1, 0.15) is 50.2 Å². The first-order valence-corrected chi connectivity index (χ1v) is 8.03. The molecule has 0 radical (unpaired) electrons. The summed E-state index contributed by atoms with van der Waals surface area (Å²) in [4.78, 5) is 12.5. The average molecular weight is 365 g/mol. The van der Waals surface area contributed by atoms with Gasteiger partial charge in [0.1, 0.15) is 0 Å². The number of carbonyl (C=O) groups excluding carboxylic acids is 1. The lowest BCUT2D eigenvalue weighted by Crippen LogP contribution is -2.52. The number of amides is 1. The number of alkyl halides is 3. The zero-order chi connectivity index (χ0) is 17.0. The first-order chi connectivity index (χ1) is 10.8. The number of carbonyl (C=O) groups is 1. The first-order valence-electron chi connectivity index (χ1n) is 8.03. The van der Waals surface area contributed by atoms with Crippen molar-refractivity contribution in [3.63, 3.8) is 0 Å². The normalized spacial score (nSPS) is 22.4. The van der Waals surface area contributed by atoms with Gasteiger partial charge in [-0.1, -0.05) is 25.1 Å². The first kappa shape index (κ1) is 20.8. The summed E-state index contributed by atoms with van der Waals surface area (Å²) in [7, 11) is 0. The van der Waals surface area contributed by atoms with Crippen LogP contribution in [0.5, 0.6) is 0 Å². The van der Waals surface area contributed by atoms with Gasteiger partial charge in [-0.3, -0.25) is 4.79 Å². The molecular weight excluding hydrogens is 341 g/mol. The molecule has 7 heteroatoms. The van der Waals surface area contributed by atoms with E-state index in [9.17, 15) is 18.0 Å². The number of hydrogen-bond acceptors (Lipinski definition) is 2. The van der Waals surface area contributed by atoms with Crippen molar-refractivity contribution in [3.8, 4) is 0 Å². The van der Waals surface area contributed by atoms with E-state index >= 15 is 0 Å². The molecule has 0 aromatic heterocycles. The molecule has 0 spiro atoms. The van der Waals surface area contributed by atoms with Gasteiger partial charge in [0.15, 0.2) is 0 Å². The molecule has 0 saturated carbocycles. The van der Waals surface area contributed by atoms with Crippen LogP contribution in [0.4, 0.5) is 13.2 Å². The Morgan fingerprint density at radius 3 is 2.71 bits per heavy atom. The smallest absolute Gasteiger partial charge is 0.351 e. The Hall–Kier alpha value is -1.27. The number of halogens is 4. The van der Waals surface area contributed by atoms with Crippen molar-refractivity contribution in [1.82, 2.24) is 10.6 Å². The molecule has 3 nitrogen and oxygen atoms in total. The van der Waals surface area contributed by atoms with Crippen LogP contribution in [0, 0.1) is 0 Å². The standard InChI is InChI=1S/C17H23F3N2O.ClH/c1-3-14(12-6-4-7-13(10-12)17(18,19)20)16(23)22-15-8-5-9-21-11(15)2;/h4,6-7,10-11,14-15,21H,3,5,8-9H2,1-2H3,(H,22,23);1H. The summed E-state index contributed by atoms with van der Waals surface area (Å²) < 4.78 is 38.6. The molecule has 136 valence electrons. The molecule has 1 fully saturated rings. The van der Waals surface area contributed by atoms with Gasteiger partial charge in [-0.05, 0) is 44.4 Å². The lowest BCUT2D eigenvalue weighted by molar-refractivity contribution is -0.137. The monoisotopic (exact) mass is 364 g/mol. The zero-order valence-corrected chi connectivity index (χ0v) is 14.6. The Bertz CT molecular complexity index is 551. The number of hydrogen-bond donors (Lipinski definition) is 2. The Kier molecular flexibility index (Phi) is 7.55. The molecule has 2 N–H and O–H groups in total. The van der Waals surface area contributed by atoms with E-state index in [2.05, 4.69) is 10.6 Å². The van der Waals surface area contributed by atoms with Gasteiger partial charge in [-0.2, -0.15) is 13.2 Å². The van der Waals surface area contributed by atoms with Crippen LogP contribution in [-0.4, -0.2) is 24.5 Å². The zero-order valence-electron chi connectivity index (χ0n) is 13.8. The molecule has 3 unspecified atom stereocenters. The van der Waals surface area contributed by atoms with Crippen LogP contribution < -0.4 is 10.6 Å². The van der Waals surface area contributed by atoms with Crippen LogP contribution >= 0.6 is 12.4 Å². The third-order valence-electron chi connectivity index (χ3n) is 4.43. The van der Waals surface area contributed by atoms with Crippen molar-refractivity contribution in [2.24, 2.45) is 0 Å². The highest BCUT2D eigenvalue weighted by Crippen LogP contribution is 2.32. The molecule has 1 heterocycles. The quantitative estimate of drug-likeness (QED) is 0.851. The van der Waals surface area contributed by atoms with E-state index in [0.29, 0.717) is 12.0 Å². The van der Waals surface area contributed by atoms with Gasteiger partial charge in [0, 0.05) is 12.1 Å². The molecule has 2 rings (SSSR count). The molecule has 1 aromatic carbocycles. The van der Waals surface area contributed by atoms with Gasteiger partial charge in [0.05, 0.1) is 11.5 Å². The van der Waals surface area contributed by atoms with Crippen molar-refractivity contribution in [2.75, 3.05) is 6.54 Å². The van der Waals surface area contributed by atoms with Crippen molar-refractivity contribution < 1.29 is 18.0 Å². The Morgan fingerprint density at radius 1 is 1.42 bits per heavy atom. The predicted molar refractivity (Wildman–Crippen MR) is 90.4 cm³/mol. The summed E-state index contributed by atoms with van der Waals surface area (Å²) >= 11 is 0. The molecule has 0 aliphatic carbocycles. The summed E-state index contributed by atoms with van der Waals surface area (Å²) in [6, 6.07) is 5.25. The largest absolute Gasteiger partial charge is 0.416 e. The van der Waals surface area contributed by atoms with E-state index < -0.39 is 17.7 Å². The molecule has 1 aliphatic heterocycles. The minimum absolute atomic E-state index is 0. The Morgan fingerprint density at radius 2 is 2.12 bits per heavy atom. The molecule has 1 aromatic rings. The van der Waals surface area contributed by atoms with Gasteiger partial charge in [0.2, 0.25) is 5.91 Å². The maximum atomic E-state index is 12.9. The van der Waals surface area contributed by atoms with Crippen LogP contribution in [0.2, 0.25) is 0 Å². The molecule has 1 saturated heterocycles. The Balaban J connectivity index is 0.00000288. The highest BCUT2D eigenvalue weighted by atomic mass is 35.5. The van der Waals surface area contributed by atoms with Crippen molar-refractivity contribution in [1.29, 1.82) is 0 Å². The van der Waals surface area contributed by atoms with Crippen LogP contribution in [-0.2, 0) is 11.0 Å². The average Bonchev–Trinajstić information content (AvgIpc) is 2.50. The van der Waals surface area contributed by atoms with Crippen LogP contribution in [0.15, 0.2) is 24.3 Å². The van der Waals surface area contributed by atoms with Crippen molar-refractivity contribution >= 4 is 18.3 Å². The van der Waals surface area contributed by atoms with E-state index in [4.69, 9.17) is 0 Å². The minimum Gasteiger partial charge on any atom is -0.351 e. The summed E-state index contributed by atoms with van der Waals surface area (Å²) in [6.45, 7) is 4.75. The molecule has 1 amide bonds. The lowest BCUT2D eigenvalue weighted by atomic mass is 9.92. The summed E-state index contributed by atoms with van der Waals surface area (Å²) in [5.41, 5.74) is -0.301. The van der Waals surface area contributed by atoms with Gasteiger partial charge >= 0.3 is 6.18 Å². The van der Waals surface area contributed by atoms with Crippen LogP contribution in [0.25, 0.3) is 0 Å². The number of piperidine rings is 1. The van der Waals surface area contributed by atoms with Gasteiger partial charge < -0.3 is 10.6 Å². The minimum atomic E-state index is -4.40. The SMILES string of the molecule is CCC(C(=O)NC1CCCNC1C)c1cccc(C(F)(F)F)c1.Cl. The third kappa shape index (κ3) is 5.11. The summed E-state index contributed by atoms with van der Waals surface area (Å²) in [6.07, 6.45) is -2.07. The number of benzene rings is 1. The molecule has 0 bridgehead atoms. The molecule has 3 atom stereocenters. The lowest BCUT2D eigenvalue weighted by Gasteiger charge is -2.32. The van der Waals surface area contributed by atoms with Gasteiger partial charge in [-0.15, -0.1) is 12.4 Å². The Labute approximate surface area is 146 Å². The fourth-order valence-electron chi connectivity index (χ4n) is 3.03. The van der Waals surface area contributed by atoms with E-state index in [1.54, 1.807) is 6.07 Å². The molecule has 24 heavy (non-hydrogen) atoms. The fraction of sp³-hybridized carbons (Fsp3) is 0.588. The van der Waals surface area contributed by atoms with Crippen LogP contribution in [0.3, 0.4) is 0 Å². The van der Waals surface area contributed by atoms with Crippen molar-refractivity contribution in [2.45, 2.75) is 57.3 Å². The van der Waals surface area contributed by atoms with E-state index in [0.717, 1.165) is 31.5 Å². The summed E-state index contributed by atoms with van der Waals surface area (Å²) in [5.74, 6) is -0.765. The predicted octanol–water partition coefficient (Wildman–Crippen LogP) is 3.88.